The van der Waals surface area contributed by atoms with Crippen LogP contribution in [0.2, 0.25) is 0 Å². The SMILES string of the molecule is CCOc1cc(/C=N/NC(=O)c2ccccc2)cc(Br)c1OCC(=O)Nc1ccc(C)cc1C. The van der Waals surface area contributed by atoms with Gasteiger partial charge in [0.2, 0.25) is 0 Å². The minimum absolute atomic E-state index is 0.188. The Balaban J connectivity index is 1.66. The first-order valence-electron chi connectivity index (χ1n) is 10.7. The molecule has 0 radical (unpaired) electrons. The molecule has 0 unspecified atom stereocenters. The summed E-state index contributed by atoms with van der Waals surface area (Å²) in [5.74, 6) is 0.265. The average Bonchev–Trinajstić information content (AvgIpc) is 2.81. The zero-order valence-electron chi connectivity index (χ0n) is 19.2. The van der Waals surface area contributed by atoms with Crippen molar-refractivity contribution in [3.05, 3.63) is 87.4 Å². The molecule has 0 atom stereocenters. The van der Waals surface area contributed by atoms with Crippen LogP contribution in [0.4, 0.5) is 5.69 Å². The van der Waals surface area contributed by atoms with Gasteiger partial charge in [0.1, 0.15) is 0 Å². The molecule has 0 spiro atoms. The number of benzene rings is 3. The Labute approximate surface area is 207 Å². The van der Waals surface area contributed by atoms with Crippen LogP contribution in [0, 0.1) is 13.8 Å². The van der Waals surface area contributed by atoms with Crippen molar-refractivity contribution in [1.29, 1.82) is 0 Å². The first-order valence-corrected chi connectivity index (χ1v) is 11.5. The molecule has 0 heterocycles. The second-order valence-corrected chi connectivity index (χ2v) is 8.34. The molecule has 0 aliphatic rings. The summed E-state index contributed by atoms with van der Waals surface area (Å²) >= 11 is 3.48. The third-order valence-corrected chi connectivity index (χ3v) is 5.34. The van der Waals surface area contributed by atoms with Crippen LogP contribution in [-0.2, 0) is 4.79 Å². The molecule has 3 rings (SSSR count). The van der Waals surface area contributed by atoms with Crippen molar-refractivity contribution in [3.8, 4) is 11.5 Å². The van der Waals surface area contributed by atoms with Crippen LogP contribution in [0.15, 0.2) is 70.2 Å². The third-order valence-electron chi connectivity index (χ3n) is 4.75. The number of amides is 2. The van der Waals surface area contributed by atoms with Gasteiger partial charge in [-0.25, -0.2) is 5.43 Å². The van der Waals surface area contributed by atoms with Crippen LogP contribution in [0.3, 0.4) is 0 Å². The molecule has 2 amide bonds. The second kappa shape index (κ2) is 12.0. The maximum atomic E-state index is 12.4. The lowest BCUT2D eigenvalue weighted by atomic mass is 10.1. The smallest absolute Gasteiger partial charge is 0.271 e. The zero-order valence-corrected chi connectivity index (χ0v) is 20.8. The molecule has 0 aliphatic carbocycles. The van der Waals surface area contributed by atoms with Gasteiger partial charge in [-0.2, -0.15) is 5.10 Å². The number of ether oxygens (including phenoxy) is 2. The number of rotatable bonds is 9. The minimum atomic E-state index is -0.310. The molecule has 34 heavy (non-hydrogen) atoms. The molecule has 176 valence electrons. The van der Waals surface area contributed by atoms with E-state index >= 15 is 0 Å². The van der Waals surface area contributed by atoms with Crippen LogP contribution in [0.25, 0.3) is 0 Å². The van der Waals surface area contributed by atoms with E-state index in [0.29, 0.717) is 33.7 Å². The Hall–Kier alpha value is -3.65. The lowest BCUT2D eigenvalue weighted by Crippen LogP contribution is -2.21. The maximum absolute atomic E-state index is 12.4. The number of hydrogen-bond donors (Lipinski definition) is 2. The van der Waals surface area contributed by atoms with Crippen LogP contribution >= 0.6 is 15.9 Å². The summed E-state index contributed by atoms with van der Waals surface area (Å²) in [5.41, 5.74) is 6.53. The van der Waals surface area contributed by atoms with Gasteiger partial charge in [-0.15, -0.1) is 0 Å². The Morgan fingerprint density at radius 1 is 1.03 bits per heavy atom. The summed E-state index contributed by atoms with van der Waals surface area (Å²) in [6.07, 6.45) is 1.50. The highest BCUT2D eigenvalue weighted by Gasteiger charge is 2.14. The molecule has 0 aromatic heterocycles. The van der Waals surface area contributed by atoms with E-state index in [9.17, 15) is 9.59 Å². The largest absolute Gasteiger partial charge is 0.490 e. The van der Waals surface area contributed by atoms with Gasteiger partial charge >= 0.3 is 0 Å². The number of aryl methyl sites for hydroxylation is 2. The van der Waals surface area contributed by atoms with Crippen molar-refractivity contribution in [2.45, 2.75) is 20.8 Å². The Morgan fingerprint density at radius 2 is 1.79 bits per heavy atom. The summed E-state index contributed by atoms with van der Waals surface area (Å²) in [7, 11) is 0. The highest BCUT2D eigenvalue weighted by Crippen LogP contribution is 2.36. The Kier molecular flexibility index (Phi) is 8.81. The molecule has 3 aromatic carbocycles. The van der Waals surface area contributed by atoms with Crippen LogP contribution in [-0.4, -0.2) is 31.2 Å². The molecule has 3 aromatic rings. The molecule has 0 bridgehead atoms. The quantitative estimate of drug-likeness (QED) is 0.296. The molecule has 8 heteroatoms. The standard InChI is InChI=1S/C26H26BrN3O4/c1-4-33-23-14-19(15-28-30-26(32)20-8-6-5-7-9-20)13-21(27)25(23)34-16-24(31)29-22-11-10-17(2)12-18(22)3/h5-15H,4,16H2,1-3H3,(H,29,31)(H,30,32)/b28-15+. The number of nitrogens with one attached hydrogen (secondary N) is 2. The second-order valence-electron chi connectivity index (χ2n) is 7.48. The molecule has 0 saturated carbocycles. The fourth-order valence-electron chi connectivity index (χ4n) is 3.16. The molecule has 0 aliphatic heterocycles. The fraction of sp³-hybridized carbons (Fsp3) is 0.192. The van der Waals surface area contributed by atoms with Gasteiger partial charge in [-0.1, -0.05) is 35.9 Å². The van der Waals surface area contributed by atoms with Gasteiger partial charge in [0.05, 0.1) is 17.3 Å². The van der Waals surface area contributed by atoms with Crippen LogP contribution in [0.5, 0.6) is 11.5 Å². The molecule has 7 nitrogen and oxygen atoms in total. The predicted molar refractivity (Wildman–Crippen MR) is 137 cm³/mol. The number of hydrazone groups is 1. The minimum Gasteiger partial charge on any atom is -0.490 e. The predicted octanol–water partition coefficient (Wildman–Crippen LogP) is 5.25. The Bertz CT molecular complexity index is 1200. The summed E-state index contributed by atoms with van der Waals surface area (Å²) in [6.45, 7) is 6.01. The van der Waals surface area contributed by atoms with Crippen LogP contribution < -0.4 is 20.2 Å². The van der Waals surface area contributed by atoms with E-state index < -0.39 is 0 Å². The zero-order chi connectivity index (χ0) is 24.5. The van der Waals surface area contributed by atoms with E-state index in [4.69, 9.17) is 9.47 Å². The first kappa shape index (κ1) is 25.0. The fourth-order valence-corrected chi connectivity index (χ4v) is 3.74. The van der Waals surface area contributed by atoms with E-state index in [1.807, 2.05) is 45.0 Å². The third kappa shape index (κ3) is 6.92. The van der Waals surface area contributed by atoms with E-state index in [1.165, 1.54) is 6.21 Å². The van der Waals surface area contributed by atoms with Crippen molar-refractivity contribution in [2.24, 2.45) is 5.10 Å². The number of carbonyl (C=O) groups is 2. The Morgan fingerprint density at radius 3 is 2.50 bits per heavy atom. The van der Waals surface area contributed by atoms with E-state index in [2.05, 4.69) is 31.8 Å². The number of nitrogens with zero attached hydrogens (tertiary/aromatic N) is 1. The topological polar surface area (TPSA) is 89.0 Å². The van der Waals surface area contributed by atoms with Gasteiger partial charge in [-0.3, -0.25) is 9.59 Å². The van der Waals surface area contributed by atoms with Crippen molar-refractivity contribution in [2.75, 3.05) is 18.5 Å². The van der Waals surface area contributed by atoms with E-state index in [0.717, 1.165) is 16.8 Å². The van der Waals surface area contributed by atoms with Crippen LogP contribution in [0.1, 0.15) is 34.0 Å². The highest BCUT2D eigenvalue weighted by atomic mass is 79.9. The van der Waals surface area contributed by atoms with Crippen molar-refractivity contribution >= 4 is 39.6 Å². The van der Waals surface area contributed by atoms with E-state index in [-0.39, 0.29) is 18.4 Å². The van der Waals surface area contributed by atoms with Gasteiger partial charge < -0.3 is 14.8 Å². The molecular formula is C26H26BrN3O4. The van der Waals surface area contributed by atoms with Gasteiger partial charge in [0, 0.05) is 11.3 Å². The van der Waals surface area contributed by atoms with Gasteiger partial charge in [0.15, 0.2) is 18.1 Å². The number of hydrogen-bond acceptors (Lipinski definition) is 5. The van der Waals surface area contributed by atoms with Crippen molar-refractivity contribution in [1.82, 2.24) is 5.43 Å². The summed E-state index contributed by atoms with van der Waals surface area (Å²) in [4.78, 5) is 24.6. The van der Waals surface area contributed by atoms with Gasteiger partial charge in [-0.05, 0) is 78.2 Å². The first-order chi connectivity index (χ1) is 16.4. The monoisotopic (exact) mass is 523 g/mol. The van der Waals surface area contributed by atoms with Crippen molar-refractivity contribution < 1.29 is 19.1 Å². The van der Waals surface area contributed by atoms with Crippen molar-refractivity contribution in [3.63, 3.8) is 0 Å². The number of halogens is 1. The van der Waals surface area contributed by atoms with Gasteiger partial charge in [0.25, 0.3) is 11.8 Å². The lowest BCUT2D eigenvalue weighted by molar-refractivity contribution is -0.118. The molecule has 0 saturated heterocycles. The molecule has 0 fully saturated rings. The normalized spacial score (nSPS) is 10.7. The number of carbonyl (C=O) groups excluding carboxylic acids is 2. The highest BCUT2D eigenvalue weighted by molar-refractivity contribution is 9.10. The summed E-state index contributed by atoms with van der Waals surface area (Å²) < 4.78 is 12.1. The maximum Gasteiger partial charge on any atom is 0.271 e. The average molecular weight is 524 g/mol. The van der Waals surface area contributed by atoms with E-state index in [1.54, 1.807) is 36.4 Å². The number of anilines is 1. The lowest BCUT2D eigenvalue weighted by Gasteiger charge is -2.15. The summed E-state index contributed by atoms with van der Waals surface area (Å²) in [6, 6.07) is 18.1. The summed E-state index contributed by atoms with van der Waals surface area (Å²) in [5, 5.41) is 6.88. The molecule has 2 N–H and O–H groups in total. The molecular weight excluding hydrogens is 498 g/mol.